The molecule has 0 bridgehead atoms. The third-order valence-corrected chi connectivity index (χ3v) is 3.79. The number of carboxylic acids is 1. The first kappa shape index (κ1) is 16.5. The zero-order chi connectivity index (χ0) is 15.9. The van der Waals surface area contributed by atoms with E-state index in [1.54, 1.807) is 0 Å². The van der Waals surface area contributed by atoms with Crippen LogP contribution in [0.2, 0.25) is 0 Å². The van der Waals surface area contributed by atoms with Crippen molar-refractivity contribution >= 4 is 27.6 Å². The lowest BCUT2D eigenvalue weighted by Crippen LogP contribution is -2.46. The average Bonchev–Trinajstić information content (AvgIpc) is 2.50. The van der Waals surface area contributed by atoms with Gasteiger partial charge in [0.15, 0.2) is 0 Å². The monoisotopic (exact) mass is 362 g/mol. The minimum atomic E-state index is -0.853. The Morgan fingerprint density at radius 3 is 2.36 bits per heavy atom. The zero-order valence-electron chi connectivity index (χ0n) is 12.3. The van der Waals surface area contributed by atoms with Crippen LogP contribution in [0.15, 0.2) is 59.1 Å². The molecule has 0 aliphatic heterocycles. The molecule has 22 heavy (non-hydrogen) atoms. The molecule has 0 amide bonds. The Labute approximate surface area is 138 Å². The van der Waals surface area contributed by atoms with Crippen LogP contribution >= 0.6 is 15.9 Å². The predicted molar refractivity (Wildman–Crippen MR) is 91.9 cm³/mol. The third-order valence-electron chi connectivity index (χ3n) is 3.26. The molecule has 4 nitrogen and oxygen atoms in total. The van der Waals surface area contributed by atoms with Gasteiger partial charge in [-0.2, -0.15) is 0 Å². The molecule has 116 valence electrons. The van der Waals surface area contributed by atoms with Crippen LogP contribution < -0.4 is 10.6 Å². The largest absolute Gasteiger partial charge is 0.480 e. The quantitative estimate of drug-likeness (QED) is 0.659. The molecule has 0 saturated carbocycles. The van der Waals surface area contributed by atoms with E-state index >= 15 is 0 Å². The first-order chi connectivity index (χ1) is 10.5. The van der Waals surface area contributed by atoms with Gasteiger partial charge in [-0.25, -0.2) is 0 Å². The number of aliphatic carboxylic acids is 1. The van der Waals surface area contributed by atoms with Crippen molar-refractivity contribution in [2.45, 2.75) is 25.6 Å². The summed E-state index contributed by atoms with van der Waals surface area (Å²) in [5.41, 5.74) is 1.94. The molecule has 3 N–H and O–H groups in total. The van der Waals surface area contributed by atoms with Crippen LogP contribution in [0.5, 0.6) is 0 Å². The van der Waals surface area contributed by atoms with Gasteiger partial charge in [-0.1, -0.05) is 46.3 Å². The molecular formula is C17H19BrN2O2. The number of halogens is 1. The smallest absolute Gasteiger partial charge is 0.321 e. The normalized spacial score (nSPS) is 13.4. The summed E-state index contributed by atoms with van der Waals surface area (Å²) < 4.78 is 1.01. The van der Waals surface area contributed by atoms with E-state index in [0.717, 1.165) is 15.7 Å². The first-order valence-electron chi connectivity index (χ1n) is 7.09. The molecule has 2 atom stereocenters. The van der Waals surface area contributed by atoms with Gasteiger partial charge in [-0.05, 0) is 43.2 Å². The van der Waals surface area contributed by atoms with E-state index in [-0.39, 0.29) is 6.17 Å². The fourth-order valence-electron chi connectivity index (χ4n) is 2.21. The molecule has 5 heteroatoms. The van der Waals surface area contributed by atoms with Gasteiger partial charge in [0.25, 0.3) is 0 Å². The van der Waals surface area contributed by atoms with Gasteiger partial charge in [-0.3, -0.25) is 10.1 Å². The van der Waals surface area contributed by atoms with Crippen LogP contribution in [0.4, 0.5) is 5.69 Å². The molecule has 0 spiro atoms. The molecule has 2 aromatic carbocycles. The Morgan fingerprint density at radius 2 is 1.77 bits per heavy atom. The van der Waals surface area contributed by atoms with E-state index in [1.807, 2.05) is 61.5 Å². The summed E-state index contributed by atoms with van der Waals surface area (Å²) in [6.45, 7) is 1.91. The Hall–Kier alpha value is -1.85. The zero-order valence-corrected chi connectivity index (χ0v) is 13.9. The molecule has 0 radical (unpaired) electrons. The number of hydrogen-bond donors (Lipinski definition) is 3. The summed E-state index contributed by atoms with van der Waals surface area (Å²) in [7, 11) is 0. The summed E-state index contributed by atoms with van der Waals surface area (Å²) in [6.07, 6.45) is 0.286. The van der Waals surface area contributed by atoms with Crippen LogP contribution in [-0.2, 0) is 11.2 Å². The molecule has 0 heterocycles. The van der Waals surface area contributed by atoms with Gasteiger partial charge < -0.3 is 10.4 Å². The molecule has 0 fully saturated rings. The molecule has 0 aliphatic carbocycles. The van der Waals surface area contributed by atoms with Crippen molar-refractivity contribution in [3.05, 3.63) is 64.6 Å². The number of hydrogen-bond acceptors (Lipinski definition) is 3. The summed E-state index contributed by atoms with van der Waals surface area (Å²) in [4.78, 5) is 11.4. The summed E-state index contributed by atoms with van der Waals surface area (Å²) in [5, 5.41) is 15.7. The van der Waals surface area contributed by atoms with Gasteiger partial charge >= 0.3 is 5.97 Å². The Kier molecular flexibility index (Phi) is 5.98. The van der Waals surface area contributed by atoms with E-state index in [1.165, 1.54) is 0 Å². The highest BCUT2D eigenvalue weighted by molar-refractivity contribution is 9.10. The van der Waals surface area contributed by atoms with Crippen LogP contribution in [-0.4, -0.2) is 23.3 Å². The topological polar surface area (TPSA) is 61.4 Å². The Bertz CT molecular complexity index is 602. The summed E-state index contributed by atoms with van der Waals surface area (Å²) in [6, 6.07) is 16.7. The maximum absolute atomic E-state index is 11.4. The van der Waals surface area contributed by atoms with Crippen LogP contribution in [0.3, 0.4) is 0 Å². The minimum Gasteiger partial charge on any atom is -0.480 e. The van der Waals surface area contributed by atoms with Gasteiger partial charge in [0, 0.05) is 10.2 Å². The number of carbonyl (C=O) groups is 1. The second kappa shape index (κ2) is 7.96. The molecule has 2 rings (SSSR count). The van der Waals surface area contributed by atoms with E-state index in [0.29, 0.717) is 6.42 Å². The maximum Gasteiger partial charge on any atom is 0.321 e. The van der Waals surface area contributed by atoms with Crippen LogP contribution in [0.25, 0.3) is 0 Å². The van der Waals surface area contributed by atoms with Crippen LogP contribution in [0, 0.1) is 0 Å². The number of anilines is 1. The average molecular weight is 363 g/mol. The van der Waals surface area contributed by atoms with Gasteiger partial charge in [0.1, 0.15) is 6.04 Å². The van der Waals surface area contributed by atoms with Crippen molar-refractivity contribution in [2.75, 3.05) is 5.32 Å². The maximum atomic E-state index is 11.4. The Balaban J connectivity index is 1.95. The second-order valence-electron chi connectivity index (χ2n) is 5.12. The van der Waals surface area contributed by atoms with Gasteiger partial charge in [0.05, 0.1) is 6.17 Å². The number of carboxylic acid groups (broad SMARTS) is 1. The molecule has 2 aromatic rings. The lowest BCUT2D eigenvalue weighted by atomic mass is 10.1. The van der Waals surface area contributed by atoms with Gasteiger partial charge in [0.2, 0.25) is 0 Å². The highest BCUT2D eigenvalue weighted by Gasteiger charge is 2.19. The van der Waals surface area contributed by atoms with E-state index in [9.17, 15) is 9.90 Å². The minimum absolute atomic E-state index is 0.161. The highest BCUT2D eigenvalue weighted by Crippen LogP contribution is 2.14. The van der Waals surface area contributed by atoms with E-state index < -0.39 is 12.0 Å². The third kappa shape index (κ3) is 5.16. The van der Waals surface area contributed by atoms with Crippen LogP contribution in [0.1, 0.15) is 12.5 Å². The second-order valence-corrected chi connectivity index (χ2v) is 6.04. The van der Waals surface area contributed by atoms with Crippen molar-refractivity contribution in [1.29, 1.82) is 0 Å². The SMILES string of the molecule is CC(Nc1ccc(Br)cc1)NC(Cc1ccccc1)C(=O)O. The van der Waals surface area contributed by atoms with E-state index in [2.05, 4.69) is 26.6 Å². The lowest BCUT2D eigenvalue weighted by Gasteiger charge is -2.22. The summed E-state index contributed by atoms with van der Waals surface area (Å²) in [5.74, 6) is -0.853. The van der Waals surface area contributed by atoms with Crippen molar-refractivity contribution in [2.24, 2.45) is 0 Å². The molecule has 2 unspecified atom stereocenters. The molecule has 0 saturated heterocycles. The number of rotatable bonds is 7. The number of benzene rings is 2. The fraction of sp³-hybridized carbons (Fsp3) is 0.235. The predicted octanol–water partition coefficient (Wildman–Crippen LogP) is 3.49. The lowest BCUT2D eigenvalue weighted by molar-refractivity contribution is -0.139. The van der Waals surface area contributed by atoms with Crippen molar-refractivity contribution in [3.8, 4) is 0 Å². The van der Waals surface area contributed by atoms with Crippen molar-refractivity contribution in [3.63, 3.8) is 0 Å². The Morgan fingerprint density at radius 1 is 1.14 bits per heavy atom. The number of nitrogens with one attached hydrogen (secondary N) is 2. The van der Waals surface area contributed by atoms with E-state index in [4.69, 9.17) is 0 Å². The standard InChI is InChI=1S/C17H19BrN2O2/c1-12(19-15-9-7-14(18)8-10-15)20-16(17(21)22)11-13-5-3-2-4-6-13/h2-10,12,16,19-20H,11H2,1H3,(H,21,22). The summed E-state index contributed by atoms with van der Waals surface area (Å²) >= 11 is 3.39. The molecule has 0 aromatic heterocycles. The molecule has 0 aliphatic rings. The first-order valence-corrected chi connectivity index (χ1v) is 7.89. The molecular weight excluding hydrogens is 344 g/mol. The highest BCUT2D eigenvalue weighted by atomic mass is 79.9. The van der Waals surface area contributed by atoms with Crippen molar-refractivity contribution in [1.82, 2.24) is 5.32 Å². The van der Waals surface area contributed by atoms with Crippen molar-refractivity contribution < 1.29 is 9.90 Å². The fourth-order valence-corrected chi connectivity index (χ4v) is 2.47. The van der Waals surface area contributed by atoms with Gasteiger partial charge in [-0.15, -0.1) is 0 Å².